The van der Waals surface area contributed by atoms with Gasteiger partial charge >= 0.3 is 5.69 Å². The van der Waals surface area contributed by atoms with Crippen LogP contribution in [0.1, 0.15) is 22.8 Å². The lowest BCUT2D eigenvalue weighted by atomic mass is 10.1. The van der Waals surface area contributed by atoms with Crippen molar-refractivity contribution in [3.63, 3.8) is 0 Å². The predicted octanol–water partition coefficient (Wildman–Crippen LogP) is 2.72. The molecule has 2 rings (SSSR count). The Bertz CT molecular complexity index is 655. The molecule has 1 aromatic heterocycles. The van der Waals surface area contributed by atoms with Gasteiger partial charge in [-0.1, -0.05) is 6.07 Å². The number of hydrogen-bond acceptors (Lipinski definition) is 5. The molecule has 1 heterocycles. The van der Waals surface area contributed by atoms with E-state index < -0.39 is 22.3 Å². The molecule has 0 fully saturated rings. The number of para-hydroxylation sites is 1. The quantitative estimate of drug-likeness (QED) is 0.656. The first-order valence-corrected chi connectivity index (χ1v) is 7.21. The van der Waals surface area contributed by atoms with Gasteiger partial charge in [0.05, 0.1) is 10.5 Å². The highest BCUT2D eigenvalue weighted by Crippen LogP contribution is 2.29. The molecule has 1 atom stereocenters. The van der Waals surface area contributed by atoms with Gasteiger partial charge < -0.3 is 10.4 Å². The van der Waals surface area contributed by atoms with Crippen LogP contribution >= 0.6 is 11.3 Å². The number of nitro benzene ring substituents is 1. The third-order valence-electron chi connectivity index (χ3n) is 2.96. The molecule has 1 unspecified atom stereocenters. The standard InChI is InChI=1S/C14H14N2O4S/c1-9(7-10-5-6-21-8-10)15-14(18)11-3-2-4-12(13(11)17)16(19)20/h2-6,8-9,17H,7H2,1H3,(H,15,18). The normalized spacial score (nSPS) is 11.9. The predicted molar refractivity (Wildman–Crippen MR) is 79.7 cm³/mol. The number of amides is 1. The number of nitro groups is 1. The van der Waals surface area contributed by atoms with Crippen LogP contribution in [0.4, 0.5) is 5.69 Å². The first kappa shape index (κ1) is 15.0. The molecule has 0 saturated carbocycles. The van der Waals surface area contributed by atoms with Crippen LogP contribution in [0.3, 0.4) is 0 Å². The Kier molecular flexibility index (Phi) is 4.54. The van der Waals surface area contributed by atoms with E-state index in [0.717, 1.165) is 11.6 Å². The SMILES string of the molecule is CC(Cc1ccsc1)NC(=O)c1cccc([N+](=O)[O-])c1O. The fraction of sp³-hybridized carbons (Fsp3) is 0.214. The van der Waals surface area contributed by atoms with Gasteiger partial charge in [-0.2, -0.15) is 11.3 Å². The highest BCUT2D eigenvalue weighted by atomic mass is 32.1. The Morgan fingerprint density at radius 3 is 2.86 bits per heavy atom. The molecule has 6 nitrogen and oxygen atoms in total. The minimum absolute atomic E-state index is 0.0960. The first-order valence-electron chi connectivity index (χ1n) is 6.27. The van der Waals surface area contributed by atoms with Crippen molar-refractivity contribution in [2.75, 3.05) is 0 Å². The van der Waals surface area contributed by atoms with Crippen molar-refractivity contribution in [3.8, 4) is 5.75 Å². The molecule has 2 N–H and O–H groups in total. The van der Waals surface area contributed by atoms with Crippen LogP contribution in [0.15, 0.2) is 35.0 Å². The second kappa shape index (κ2) is 6.36. The number of thiophene rings is 1. The van der Waals surface area contributed by atoms with Gasteiger partial charge in [0.1, 0.15) is 0 Å². The number of phenolic OH excluding ortho intramolecular Hbond substituents is 1. The smallest absolute Gasteiger partial charge is 0.311 e. The Hall–Kier alpha value is -2.41. The fourth-order valence-electron chi connectivity index (χ4n) is 1.98. The monoisotopic (exact) mass is 306 g/mol. The molecule has 7 heteroatoms. The maximum Gasteiger partial charge on any atom is 0.311 e. The molecule has 0 radical (unpaired) electrons. The maximum atomic E-state index is 12.1. The Labute approximate surface area is 125 Å². The van der Waals surface area contributed by atoms with Crippen molar-refractivity contribution in [2.24, 2.45) is 0 Å². The number of rotatable bonds is 5. The zero-order chi connectivity index (χ0) is 15.4. The molecular weight excluding hydrogens is 292 g/mol. The fourth-order valence-corrected chi connectivity index (χ4v) is 2.66. The number of benzene rings is 1. The summed E-state index contributed by atoms with van der Waals surface area (Å²) in [5, 5.41) is 27.2. The average Bonchev–Trinajstić information content (AvgIpc) is 2.91. The first-order chi connectivity index (χ1) is 9.99. The van der Waals surface area contributed by atoms with Crippen LogP contribution in [0.25, 0.3) is 0 Å². The summed E-state index contributed by atoms with van der Waals surface area (Å²) >= 11 is 1.58. The second-order valence-corrected chi connectivity index (χ2v) is 5.42. The largest absolute Gasteiger partial charge is 0.502 e. The third-order valence-corrected chi connectivity index (χ3v) is 3.69. The molecule has 0 aliphatic rings. The van der Waals surface area contributed by atoms with E-state index in [9.17, 15) is 20.0 Å². The maximum absolute atomic E-state index is 12.1. The van der Waals surface area contributed by atoms with Crippen molar-refractivity contribution >= 4 is 22.9 Å². The lowest BCUT2D eigenvalue weighted by Crippen LogP contribution is -2.34. The number of carbonyl (C=O) groups is 1. The third kappa shape index (κ3) is 3.57. The van der Waals surface area contributed by atoms with E-state index in [4.69, 9.17) is 0 Å². The van der Waals surface area contributed by atoms with Gasteiger partial charge in [0.2, 0.25) is 5.75 Å². The van der Waals surface area contributed by atoms with Crippen molar-refractivity contribution in [1.82, 2.24) is 5.32 Å². The number of nitrogens with one attached hydrogen (secondary N) is 1. The second-order valence-electron chi connectivity index (χ2n) is 4.64. The van der Waals surface area contributed by atoms with Gasteiger partial charge in [0.25, 0.3) is 5.91 Å². The average molecular weight is 306 g/mol. The van der Waals surface area contributed by atoms with Crippen molar-refractivity contribution in [1.29, 1.82) is 0 Å². The molecule has 0 aliphatic heterocycles. The number of phenols is 1. The van der Waals surface area contributed by atoms with Crippen molar-refractivity contribution in [3.05, 3.63) is 56.3 Å². The van der Waals surface area contributed by atoms with E-state index in [1.165, 1.54) is 12.1 Å². The number of carbonyl (C=O) groups excluding carboxylic acids is 1. The Morgan fingerprint density at radius 1 is 1.48 bits per heavy atom. The van der Waals surface area contributed by atoms with Gasteiger partial charge in [0.15, 0.2) is 0 Å². The molecular formula is C14H14N2O4S. The summed E-state index contributed by atoms with van der Waals surface area (Å²) < 4.78 is 0. The van der Waals surface area contributed by atoms with Gasteiger partial charge in [-0.3, -0.25) is 14.9 Å². The van der Waals surface area contributed by atoms with Gasteiger partial charge in [-0.05, 0) is 41.8 Å². The topological polar surface area (TPSA) is 92.5 Å². The molecule has 21 heavy (non-hydrogen) atoms. The van der Waals surface area contributed by atoms with Crippen LogP contribution in [-0.2, 0) is 6.42 Å². The molecule has 0 saturated heterocycles. The zero-order valence-corrected chi connectivity index (χ0v) is 12.1. The minimum atomic E-state index is -0.721. The molecule has 0 spiro atoms. The van der Waals surface area contributed by atoms with Crippen LogP contribution in [0, 0.1) is 10.1 Å². The van der Waals surface area contributed by atoms with Crippen LogP contribution in [-0.4, -0.2) is 22.0 Å². The van der Waals surface area contributed by atoms with E-state index in [0.29, 0.717) is 6.42 Å². The van der Waals surface area contributed by atoms with E-state index in [1.807, 2.05) is 23.8 Å². The summed E-state index contributed by atoms with van der Waals surface area (Å²) in [6.45, 7) is 1.84. The summed E-state index contributed by atoms with van der Waals surface area (Å²) in [5.41, 5.74) is 0.533. The van der Waals surface area contributed by atoms with Crippen LogP contribution in [0.5, 0.6) is 5.75 Å². The van der Waals surface area contributed by atoms with E-state index in [2.05, 4.69) is 5.32 Å². The van der Waals surface area contributed by atoms with Crippen molar-refractivity contribution < 1.29 is 14.8 Å². The zero-order valence-electron chi connectivity index (χ0n) is 11.3. The van der Waals surface area contributed by atoms with Gasteiger partial charge in [0, 0.05) is 12.1 Å². The highest BCUT2D eigenvalue weighted by molar-refractivity contribution is 7.07. The number of nitrogens with zero attached hydrogens (tertiary/aromatic N) is 1. The summed E-state index contributed by atoms with van der Waals surface area (Å²) in [6.07, 6.45) is 0.658. The molecule has 1 aromatic carbocycles. The Balaban J connectivity index is 2.10. The van der Waals surface area contributed by atoms with E-state index in [-0.39, 0.29) is 11.6 Å². The Morgan fingerprint density at radius 2 is 2.24 bits per heavy atom. The van der Waals surface area contributed by atoms with E-state index in [1.54, 1.807) is 11.3 Å². The molecule has 2 aromatic rings. The number of hydrogen-bond donors (Lipinski definition) is 2. The van der Waals surface area contributed by atoms with Crippen molar-refractivity contribution in [2.45, 2.75) is 19.4 Å². The highest BCUT2D eigenvalue weighted by Gasteiger charge is 2.21. The lowest BCUT2D eigenvalue weighted by Gasteiger charge is -2.13. The summed E-state index contributed by atoms with van der Waals surface area (Å²) in [6, 6.07) is 5.70. The van der Waals surface area contributed by atoms with E-state index >= 15 is 0 Å². The molecule has 1 amide bonds. The summed E-state index contributed by atoms with van der Waals surface area (Å²) in [4.78, 5) is 22.1. The molecule has 110 valence electrons. The molecule has 0 aliphatic carbocycles. The minimum Gasteiger partial charge on any atom is -0.502 e. The summed E-state index contributed by atoms with van der Waals surface area (Å²) in [7, 11) is 0. The number of aromatic hydroxyl groups is 1. The summed E-state index contributed by atoms with van der Waals surface area (Å²) in [5.74, 6) is -1.14. The lowest BCUT2D eigenvalue weighted by molar-refractivity contribution is -0.385. The van der Waals surface area contributed by atoms with Crippen LogP contribution < -0.4 is 5.32 Å². The molecule has 0 bridgehead atoms. The van der Waals surface area contributed by atoms with Gasteiger partial charge in [-0.25, -0.2) is 0 Å². The van der Waals surface area contributed by atoms with Gasteiger partial charge in [-0.15, -0.1) is 0 Å². The van der Waals surface area contributed by atoms with Crippen LogP contribution in [0.2, 0.25) is 0 Å².